The predicted octanol–water partition coefficient (Wildman–Crippen LogP) is 3.27. The van der Waals surface area contributed by atoms with Crippen LogP contribution in [0.25, 0.3) is 0 Å². The Bertz CT molecular complexity index is 139. The molecule has 0 amide bonds. The van der Waals surface area contributed by atoms with Gasteiger partial charge in [-0.05, 0) is 16.4 Å². The fourth-order valence-corrected chi connectivity index (χ4v) is 2.41. The SMILES string of the molecule is OC(/C=C/I)CC1CCCCC1. The van der Waals surface area contributed by atoms with Crippen molar-refractivity contribution in [3.8, 4) is 0 Å². The summed E-state index contributed by atoms with van der Waals surface area (Å²) in [6, 6.07) is 0. The van der Waals surface area contributed by atoms with Crippen LogP contribution in [0.1, 0.15) is 38.5 Å². The lowest BCUT2D eigenvalue weighted by Gasteiger charge is -2.22. The van der Waals surface area contributed by atoms with E-state index in [0.29, 0.717) is 0 Å². The molecule has 1 nitrogen and oxygen atoms in total. The molecule has 0 saturated heterocycles. The van der Waals surface area contributed by atoms with Crippen LogP contribution in [-0.4, -0.2) is 11.2 Å². The average Bonchev–Trinajstić information content (AvgIpc) is 2.06. The zero-order chi connectivity index (χ0) is 8.81. The zero-order valence-corrected chi connectivity index (χ0v) is 9.53. The van der Waals surface area contributed by atoms with Crippen LogP contribution in [-0.2, 0) is 0 Å². The Kier molecular flexibility index (Phi) is 5.23. The molecule has 2 heteroatoms. The number of aliphatic hydroxyl groups excluding tert-OH is 1. The van der Waals surface area contributed by atoms with E-state index in [-0.39, 0.29) is 6.10 Å². The number of hydrogen-bond acceptors (Lipinski definition) is 1. The van der Waals surface area contributed by atoms with Gasteiger partial charge in [0.1, 0.15) is 0 Å². The highest BCUT2D eigenvalue weighted by atomic mass is 127. The molecule has 1 rings (SSSR count). The maximum Gasteiger partial charge on any atom is 0.0730 e. The van der Waals surface area contributed by atoms with Crippen LogP contribution in [0.4, 0.5) is 0 Å². The van der Waals surface area contributed by atoms with Crippen LogP contribution in [0.3, 0.4) is 0 Å². The monoisotopic (exact) mass is 280 g/mol. The molecule has 0 aliphatic heterocycles. The summed E-state index contributed by atoms with van der Waals surface area (Å²) in [5.41, 5.74) is 0. The third-order valence-corrected chi connectivity index (χ3v) is 3.01. The summed E-state index contributed by atoms with van der Waals surface area (Å²) >= 11 is 2.16. The second kappa shape index (κ2) is 5.97. The lowest BCUT2D eigenvalue weighted by molar-refractivity contribution is 0.170. The summed E-state index contributed by atoms with van der Waals surface area (Å²) < 4.78 is 1.91. The van der Waals surface area contributed by atoms with Gasteiger partial charge >= 0.3 is 0 Å². The van der Waals surface area contributed by atoms with Crippen molar-refractivity contribution >= 4 is 22.6 Å². The molecule has 1 atom stereocenters. The summed E-state index contributed by atoms with van der Waals surface area (Å²) in [6.45, 7) is 0. The Hall–Kier alpha value is 0.430. The average molecular weight is 280 g/mol. The fourth-order valence-electron chi connectivity index (χ4n) is 1.93. The van der Waals surface area contributed by atoms with Gasteiger partial charge in [0.15, 0.2) is 0 Å². The number of hydrogen-bond donors (Lipinski definition) is 1. The number of halogens is 1. The molecular formula is C10H17IO. The third kappa shape index (κ3) is 3.90. The standard InChI is InChI=1S/C10H17IO/c11-7-6-10(12)8-9-4-2-1-3-5-9/h6-7,9-10,12H,1-5,8H2/b7-6+. The van der Waals surface area contributed by atoms with E-state index in [0.717, 1.165) is 12.3 Å². The molecule has 1 saturated carbocycles. The zero-order valence-electron chi connectivity index (χ0n) is 7.38. The first-order valence-electron chi connectivity index (χ1n) is 4.78. The Balaban J connectivity index is 2.19. The molecule has 0 heterocycles. The second-order valence-corrected chi connectivity index (χ2v) is 4.34. The molecule has 1 fully saturated rings. The molecule has 1 N–H and O–H groups in total. The van der Waals surface area contributed by atoms with Crippen molar-refractivity contribution in [2.45, 2.75) is 44.6 Å². The van der Waals surface area contributed by atoms with E-state index in [4.69, 9.17) is 0 Å². The van der Waals surface area contributed by atoms with Crippen molar-refractivity contribution in [2.75, 3.05) is 0 Å². The summed E-state index contributed by atoms with van der Waals surface area (Å²) in [6.07, 6.45) is 9.43. The van der Waals surface area contributed by atoms with Gasteiger partial charge in [-0.25, -0.2) is 0 Å². The summed E-state index contributed by atoms with van der Waals surface area (Å²) in [5.74, 6) is 0.779. The van der Waals surface area contributed by atoms with Gasteiger partial charge in [-0.15, -0.1) is 0 Å². The van der Waals surface area contributed by atoms with Crippen molar-refractivity contribution in [3.63, 3.8) is 0 Å². The van der Waals surface area contributed by atoms with Crippen molar-refractivity contribution < 1.29 is 5.11 Å². The van der Waals surface area contributed by atoms with E-state index in [1.54, 1.807) is 0 Å². The van der Waals surface area contributed by atoms with Crippen molar-refractivity contribution in [1.29, 1.82) is 0 Å². The number of aliphatic hydroxyl groups is 1. The lowest BCUT2D eigenvalue weighted by Crippen LogP contribution is -2.13. The van der Waals surface area contributed by atoms with Gasteiger partial charge in [-0.3, -0.25) is 0 Å². The van der Waals surface area contributed by atoms with Crippen LogP contribution in [0, 0.1) is 5.92 Å². The maximum absolute atomic E-state index is 9.51. The first-order valence-corrected chi connectivity index (χ1v) is 6.02. The highest BCUT2D eigenvalue weighted by Gasteiger charge is 2.15. The highest BCUT2D eigenvalue weighted by Crippen LogP contribution is 2.27. The molecule has 1 aliphatic rings. The number of rotatable bonds is 3. The Labute approximate surface area is 88.4 Å². The maximum atomic E-state index is 9.51. The van der Waals surface area contributed by atoms with Gasteiger partial charge in [0, 0.05) is 0 Å². The van der Waals surface area contributed by atoms with E-state index in [1.165, 1.54) is 32.1 Å². The van der Waals surface area contributed by atoms with Gasteiger partial charge in [0.2, 0.25) is 0 Å². The lowest BCUT2D eigenvalue weighted by atomic mass is 9.85. The molecule has 0 aromatic rings. The second-order valence-electron chi connectivity index (χ2n) is 3.63. The highest BCUT2D eigenvalue weighted by molar-refractivity contribution is 14.1. The molecular weight excluding hydrogens is 263 g/mol. The Morgan fingerprint density at radius 1 is 1.33 bits per heavy atom. The molecule has 1 aliphatic carbocycles. The third-order valence-electron chi connectivity index (χ3n) is 2.59. The van der Waals surface area contributed by atoms with Crippen LogP contribution in [0.5, 0.6) is 0 Å². The quantitative estimate of drug-likeness (QED) is 0.787. The Morgan fingerprint density at radius 3 is 2.58 bits per heavy atom. The molecule has 0 aromatic carbocycles. The van der Waals surface area contributed by atoms with Crippen LogP contribution in [0.15, 0.2) is 10.2 Å². The van der Waals surface area contributed by atoms with Gasteiger partial charge < -0.3 is 5.11 Å². The van der Waals surface area contributed by atoms with Gasteiger partial charge in [0.25, 0.3) is 0 Å². The summed E-state index contributed by atoms with van der Waals surface area (Å²) in [5, 5.41) is 9.51. The van der Waals surface area contributed by atoms with E-state index in [9.17, 15) is 5.11 Å². The van der Waals surface area contributed by atoms with Gasteiger partial charge in [-0.1, -0.05) is 60.8 Å². The molecule has 0 aromatic heterocycles. The van der Waals surface area contributed by atoms with E-state index >= 15 is 0 Å². The molecule has 12 heavy (non-hydrogen) atoms. The van der Waals surface area contributed by atoms with Crippen molar-refractivity contribution in [1.82, 2.24) is 0 Å². The topological polar surface area (TPSA) is 20.2 Å². The minimum atomic E-state index is -0.204. The summed E-state index contributed by atoms with van der Waals surface area (Å²) in [4.78, 5) is 0. The smallest absolute Gasteiger partial charge is 0.0730 e. The first kappa shape index (κ1) is 10.5. The largest absolute Gasteiger partial charge is 0.389 e. The van der Waals surface area contributed by atoms with Crippen molar-refractivity contribution in [3.05, 3.63) is 10.2 Å². The van der Waals surface area contributed by atoms with E-state index in [1.807, 2.05) is 10.2 Å². The van der Waals surface area contributed by atoms with Gasteiger partial charge in [-0.2, -0.15) is 0 Å². The normalized spacial score (nSPS) is 23.2. The molecule has 0 radical (unpaired) electrons. The van der Waals surface area contributed by atoms with Gasteiger partial charge in [0.05, 0.1) is 6.10 Å². The van der Waals surface area contributed by atoms with Crippen LogP contribution < -0.4 is 0 Å². The molecule has 1 unspecified atom stereocenters. The summed E-state index contributed by atoms with van der Waals surface area (Å²) in [7, 11) is 0. The fraction of sp³-hybridized carbons (Fsp3) is 0.800. The predicted molar refractivity (Wildman–Crippen MR) is 60.4 cm³/mol. The first-order chi connectivity index (χ1) is 5.83. The van der Waals surface area contributed by atoms with Crippen molar-refractivity contribution in [2.24, 2.45) is 5.92 Å². The molecule has 70 valence electrons. The van der Waals surface area contributed by atoms with Crippen LogP contribution in [0.2, 0.25) is 0 Å². The van der Waals surface area contributed by atoms with E-state index in [2.05, 4.69) is 22.6 Å². The Morgan fingerprint density at radius 2 is 2.00 bits per heavy atom. The van der Waals surface area contributed by atoms with Crippen LogP contribution >= 0.6 is 22.6 Å². The molecule has 0 spiro atoms. The molecule has 0 bridgehead atoms. The van der Waals surface area contributed by atoms with E-state index < -0.39 is 0 Å². The minimum Gasteiger partial charge on any atom is -0.389 e. The minimum absolute atomic E-state index is 0.204.